The molecule has 3 rings (SSSR count). The van der Waals surface area contributed by atoms with Crippen LogP contribution < -0.4 is 5.73 Å². The van der Waals surface area contributed by atoms with E-state index < -0.39 is 0 Å². The number of fused-ring (bicyclic) bond motifs is 1. The first-order valence-corrected chi connectivity index (χ1v) is 9.33. The Morgan fingerprint density at radius 1 is 1.26 bits per heavy atom. The minimum Gasteiger partial charge on any atom is -0.392 e. The van der Waals surface area contributed by atoms with Crippen LogP contribution in [0, 0.1) is 5.92 Å². The molecule has 1 aromatic heterocycles. The molecule has 1 aliphatic carbocycles. The summed E-state index contributed by atoms with van der Waals surface area (Å²) in [5, 5.41) is 0. The smallest absolute Gasteiger partial charge is 0.113 e. The number of unbranched alkanes of at least 4 members (excludes halogenated alkanes) is 1. The first-order valence-electron chi connectivity index (χ1n) is 8.92. The zero-order chi connectivity index (χ0) is 16.2. The Labute approximate surface area is 144 Å². The Balaban J connectivity index is 1.81. The summed E-state index contributed by atoms with van der Waals surface area (Å²) in [5.41, 5.74) is 8.05. The number of para-hydroxylation sites is 2. The molecule has 0 radical (unpaired) electrons. The van der Waals surface area contributed by atoms with Gasteiger partial charge in [0.2, 0.25) is 0 Å². The van der Waals surface area contributed by atoms with E-state index in [-0.39, 0.29) is 0 Å². The standard InChI is InChI=1S/C19H27N3S/c1-2-3-6-14-9-11-15(12-10-14)19-21-16-7-4-5-8-17(16)22(19)13-18(20)23/h4-5,7-8,14-15H,2-3,6,9-13H2,1H3,(H2,20,23). The van der Waals surface area contributed by atoms with Crippen molar-refractivity contribution in [1.29, 1.82) is 0 Å². The van der Waals surface area contributed by atoms with Gasteiger partial charge in [-0.2, -0.15) is 0 Å². The molecule has 2 aromatic rings. The van der Waals surface area contributed by atoms with Crippen LogP contribution in [0.5, 0.6) is 0 Å². The number of benzene rings is 1. The Hall–Kier alpha value is -1.42. The second-order valence-electron chi connectivity index (χ2n) is 6.87. The third kappa shape index (κ3) is 3.74. The Morgan fingerprint density at radius 3 is 2.70 bits per heavy atom. The monoisotopic (exact) mass is 329 g/mol. The number of hydrogen-bond acceptors (Lipinski definition) is 2. The van der Waals surface area contributed by atoms with Crippen molar-refractivity contribution in [3.63, 3.8) is 0 Å². The molecule has 1 saturated carbocycles. The van der Waals surface area contributed by atoms with E-state index >= 15 is 0 Å². The average molecular weight is 330 g/mol. The molecule has 0 bridgehead atoms. The second-order valence-corrected chi connectivity index (χ2v) is 7.40. The summed E-state index contributed by atoms with van der Waals surface area (Å²) in [5.74, 6) is 2.65. The lowest BCUT2D eigenvalue weighted by Crippen LogP contribution is -2.21. The molecule has 0 atom stereocenters. The number of nitrogens with two attached hydrogens (primary N) is 1. The molecule has 0 aliphatic heterocycles. The van der Waals surface area contributed by atoms with Crippen LogP contribution in [0.25, 0.3) is 11.0 Å². The van der Waals surface area contributed by atoms with E-state index in [1.54, 1.807) is 0 Å². The van der Waals surface area contributed by atoms with Gasteiger partial charge in [-0.1, -0.05) is 50.5 Å². The number of hydrogen-bond donors (Lipinski definition) is 1. The average Bonchev–Trinajstić information content (AvgIpc) is 2.92. The summed E-state index contributed by atoms with van der Waals surface area (Å²) >= 11 is 5.16. The third-order valence-electron chi connectivity index (χ3n) is 5.18. The maximum atomic E-state index is 5.83. The van der Waals surface area contributed by atoms with Gasteiger partial charge in [0.1, 0.15) is 5.82 Å². The summed E-state index contributed by atoms with van der Waals surface area (Å²) in [4.78, 5) is 5.46. The van der Waals surface area contributed by atoms with Crippen LogP contribution in [-0.2, 0) is 6.54 Å². The minimum atomic E-state index is 0.533. The van der Waals surface area contributed by atoms with Crippen molar-refractivity contribution in [3.05, 3.63) is 30.1 Å². The molecule has 0 amide bonds. The second kappa shape index (κ2) is 7.43. The number of imidazole rings is 1. The third-order valence-corrected chi connectivity index (χ3v) is 5.30. The highest BCUT2D eigenvalue weighted by Crippen LogP contribution is 2.38. The number of nitrogens with zero attached hydrogens (tertiary/aromatic N) is 2. The van der Waals surface area contributed by atoms with Crippen LogP contribution >= 0.6 is 12.2 Å². The van der Waals surface area contributed by atoms with Gasteiger partial charge in [0.15, 0.2) is 0 Å². The SMILES string of the molecule is CCCCC1CCC(c2nc3ccccc3n2CC(N)=S)CC1. The van der Waals surface area contributed by atoms with E-state index in [2.05, 4.69) is 29.7 Å². The maximum absolute atomic E-state index is 5.83. The molecule has 0 saturated heterocycles. The van der Waals surface area contributed by atoms with E-state index in [1.807, 2.05) is 6.07 Å². The lowest BCUT2D eigenvalue weighted by molar-refractivity contribution is 0.296. The maximum Gasteiger partial charge on any atom is 0.113 e. The molecule has 0 unspecified atom stereocenters. The first-order chi connectivity index (χ1) is 11.2. The quantitative estimate of drug-likeness (QED) is 0.775. The summed E-state index contributed by atoms with van der Waals surface area (Å²) in [6.45, 7) is 2.88. The normalized spacial score (nSPS) is 21.6. The molecule has 3 nitrogen and oxygen atoms in total. The van der Waals surface area contributed by atoms with Crippen LogP contribution in [0.3, 0.4) is 0 Å². The zero-order valence-electron chi connectivity index (χ0n) is 14.0. The Kier molecular flexibility index (Phi) is 5.31. The van der Waals surface area contributed by atoms with Crippen LogP contribution in [0.4, 0.5) is 0 Å². The highest BCUT2D eigenvalue weighted by molar-refractivity contribution is 7.80. The van der Waals surface area contributed by atoms with Crippen molar-refractivity contribution in [2.24, 2.45) is 11.7 Å². The van der Waals surface area contributed by atoms with Crippen LogP contribution in [0.1, 0.15) is 63.6 Å². The van der Waals surface area contributed by atoms with Gasteiger partial charge in [-0.05, 0) is 43.7 Å². The predicted octanol–water partition coefficient (Wildman–Crippen LogP) is 4.79. The lowest BCUT2D eigenvalue weighted by atomic mass is 9.79. The molecule has 0 spiro atoms. The highest BCUT2D eigenvalue weighted by Gasteiger charge is 2.26. The summed E-state index contributed by atoms with van der Waals surface area (Å²) in [6.07, 6.45) is 9.23. The van der Waals surface area contributed by atoms with E-state index in [4.69, 9.17) is 22.9 Å². The topological polar surface area (TPSA) is 43.8 Å². The number of thiocarbonyl (C=S) groups is 1. The van der Waals surface area contributed by atoms with Gasteiger partial charge in [0.05, 0.1) is 22.6 Å². The van der Waals surface area contributed by atoms with Gasteiger partial charge in [0, 0.05) is 5.92 Å². The molecule has 1 aromatic carbocycles. The van der Waals surface area contributed by atoms with Crippen LogP contribution in [0.2, 0.25) is 0 Å². The Bertz CT molecular complexity index is 668. The fraction of sp³-hybridized carbons (Fsp3) is 0.579. The van der Waals surface area contributed by atoms with Gasteiger partial charge in [0.25, 0.3) is 0 Å². The fourth-order valence-electron chi connectivity index (χ4n) is 3.93. The van der Waals surface area contributed by atoms with E-state index in [0.29, 0.717) is 17.5 Å². The molecule has 2 N–H and O–H groups in total. The summed E-state index contributed by atoms with van der Waals surface area (Å²) < 4.78 is 2.24. The molecule has 1 heterocycles. The van der Waals surface area contributed by atoms with Gasteiger partial charge < -0.3 is 10.3 Å². The van der Waals surface area contributed by atoms with Crippen molar-refractivity contribution in [2.45, 2.75) is 64.3 Å². The molecular formula is C19H27N3S. The van der Waals surface area contributed by atoms with E-state index in [1.165, 1.54) is 50.8 Å². The van der Waals surface area contributed by atoms with Gasteiger partial charge in [-0.15, -0.1) is 0 Å². The molecule has 1 fully saturated rings. The molecule has 124 valence electrons. The molecule has 1 aliphatic rings. The largest absolute Gasteiger partial charge is 0.392 e. The van der Waals surface area contributed by atoms with Gasteiger partial charge >= 0.3 is 0 Å². The van der Waals surface area contributed by atoms with Crippen LogP contribution in [-0.4, -0.2) is 14.5 Å². The first kappa shape index (κ1) is 16.4. The molecule has 4 heteroatoms. The summed E-state index contributed by atoms with van der Waals surface area (Å²) in [6, 6.07) is 8.32. The van der Waals surface area contributed by atoms with Crippen molar-refractivity contribution in [2.75, 3.05) is 0 Å². The minimum absolute atomic E-state index is 0.533. The van der Waals surface area contributed by atoms with E-state index in [0.717, 1.165) is 17.0 Å². The predicted molar refractivity (Wildman–Crippen MR) is 101 cm³/mol. The number of aromatic nitrogens is 2. The van der Waals surface area contributed by atoms with Gasteiger partial charge in [-0.3, -0.25) is 0 Å². The van der Waals surface area contributed by atoms with Crippen LogP contribution in [0.15, 0.2) is 24.3 Å². The highest BCUT2D eigenvalue weighted by atomic mass is 32.1. The van der Waals surface area contributed by atoms with Crippen molar-refractivity contribution >= 4 is 28.2 Å². The fourth-order valence-corrected chi connectivity index (χ4v) is 4.06. The van der Waals surface area contributed by atoms with Crippen molar-refractivity contribution < 1.29 is 0 Å². The zero-order valence-corrected chi connectivity index (χ0v) is 14.8. The van der Waals surface area contributed by atoms with E-state index in [9.17, 15) is 0 Å². The van der Waals surface area contributed by atoms with Gasteiger partial charge in [-0.25, -0.2) is 4.98 Å². The number of rotatable bonds is 6. The molecular weight excluding hydrogens is 302 g/mol. The van der Waals surface area contributed by atoms with Crippen molar-refractivity contribution in [1.82, 2.24) is 9.55 Å². The molecule has 23 heavy (non-hydrogen) atoms. The Morgan fingerprint density at radius 2 is 2.00 bits per heavy atom. The lowest BCUT2D eigenvalue weighted by Gasteiger charge is -2.28. The summed E-state index contributed by atoms with van der Waals surface area (Å²) in [7, 11) is 0. The van der Waals surface area contributed by atoms with Crippen molar-refractivity contribution in [3.8, 4) is 0 Å².